The molecule has 2 atom stereocenters. The van der Waals surface area contributed by atoms with Gasteiger partial charge in [0, 0.05) is 42.6 Å². The molecule has 9 heteroatoms. The summed E-state index contributed by atoms with van der Waals surface area (Å²) in [7, 11) is 0. The highest BCUT2D eigenvalue weighted by molar-refractivity contribution is 6.09. The predicted molar refractivity (Wildman–Crippen MR) is 159 cm³/mol. The van der Waals surface area contributed by atoms with Gasteiger partial charge >= 0.3 is 0 Å². The molecular formula is C32H36N6O3. The molecule has 9 nitrogen and oxygen atoms in total. The summed E-state index contributed by atoms with van der Waals surface area (Å²) >= 11 is 0. The van der Waals surface area contributed by atoms with Crippen molar-refractivity contribution >= 4 is 40.5 Å². The summed E-state index contributed by atoms with van der Waals surface area (Å²) in [6.07, 6.45) is 11.9. The second-order valence-electron chi connectivity index (χ2n) is 10.8. The maximum Gasteiger partial charge on any atom is 0.255 e. The topological polar surface area (TPSA) is 131 Å². The van der Waals surface area contributed by atoms with Crippen LogP contribution in [0.25, 0.3) is 16.6 Å². The van der Waals surface area contributed by atoms with Crippen LogP contribution in [-0.2, 0) is 22.6 Å². The van der Waals surface area contributed by atoms with Crippen molar-refractivity contribution in [3.05, 3.63) is 77.2 Å². The third-order valence-corrected chi connectivity index (χ3v) is 7.82. The molecule has 3 N–H and O–H groups in total. The number of aromatic nitrogens is 2. The van der Waals surface area contributed by atoms with E-state index in [0.717, 1.165) is 66.3 Å². The van der Waals surface area contributed by atoms with E-state index in [-0.39, 0.29) is 30.2 Å². The third kappa shape index (κ3) is 6.67. The Balaban J connectivity index is 1.04. The maximum absolute atomic E-state index is 13.0. The second-order valence-corrected chi connectivity index (χ2v) is 10.8. The lowest BCUT2D eigenvalue weighted by atomic mass is 10.0. The Labute approximate surface area is 240 Å². The zero-order valence-corrected chi connectivity index (χ0v) is 23.4. The fourth-order valence-corrected chi connectivity index (χ4v) is 5.45. The van der Waals surface area contributed by atoms with Gasteiger partial charge in [-0.05, 0) is 61.9 Å². The Morgan fingerprint density at radius 3 is 2.73 bits per heavy atom. The first-order valence-corrected chi connectivity index (χ1v) is 14.4. The molecular weight excluding hydrogens is 516 g/mol. The molecule has 2 aromatic carbocycles. The number of fused-ring (bicyclic) bond motifs is 2. The molecule has 1 saturated heterocycles. The molecule has 2 unspecified atom stereocenters. The Kier molecular flexibility index (Phi) is 8.82. The van der Waals surface area contributed by atoms with Crippen molar-refractivity contribution in [3.8, 4) is 0 Å². The molecule has 0 saturated carbocycles. The molecule has 3 aromatic rings. The summed E-state index contributed by atoms with van der Waals surface area (Å²) in [5, 5.41) is 2.35. The Morgan fingerprint density at radius 1 is 1.12 bits per heavy atom. The first-order valence-electron chi connectivity index (χ1n) is 14.4. The van der Waals surface area contributed by atoms with Crippen LogP contribution in [0.1, 0.15) is 79.0 Å². The number of rotatable bonds is 11. The quantitative estimate of drug-likeness (QED) is 0.207. The van der Waals surface area contributed by atoms with Gasteiger partial charge in [-0.15, -0.1) is 0 Å². The predicted octanol–water partition coefficient (Wildman–Crippen LogP) is 4.34. The Morgan fingerprint density at radius 2 is 1.93 bits per heavy atom. The van der Waals surface area contributed by atoms with Crippen LogP contribution >= 0.6 is 0 Å². The minimum absolute atomic E-state index is 0.119. The zero-order chi connectivity index (χ0) is 28.8. The largest absolute Gasteiger partial charge is 0.404 e. The number of imide groups is 1. The van der Waals surface area contributed by atoms with Gasteiger partial charge in [-0.25, -0.2) is 4.98 Å². The van der Waals surface area contributed by atoms with E-state index in [4.69, 9.17) is 5.73 Å². The van der Waals surface area contributed by atoms with Crippen molar-refractivity contribution in [3.63, 3.8) is 0 Å². The standard InChI is InChI=1S/C32H36N6O3/c1-21(34-18-24(17-33)28-19-35-26-10-6-7-11-27(26)36-28)8-4-2-3-5-9-22-12-13-23-20-38(32(41)25(23)16-22)29-14-15-30(39)37-31(29)40/h6-7,10-13,16-19,21,29H,2-5,8-9,14-15,20,33H2,1H3,(H,37,39,40). The Hall–Kier alpha value is -4.40. The molecule has 3 amide bonds. The van der Waals surface area contributed by atoms with E-state index in [1.54, 1.807) is 17.3 Å². The van der Waals surface area contributed by atoms with Crippen LogP contribution in [0.5, 0.6) is 0 Å². The summed E-state index contributed by atoms with van der Waals surface area (Å²) in [5.74, 6) is -0.769. The lowest BCUT2D eigenvalue weighted by Crippen LogP contribution is -2.52. The zero-order valence-electron chi connectivity index (χ0n) is 23.4. The van der Waals surface area contributed by atoms with Crippen LogP contribution < -0.4 is 11.1 Å². The summed E-state index contributed by atoms with van der Waals surface area (Å²) in [4.78, 5) is 52.2. The maximum atomic E-state index is 13.0. The number of allylic oxidation sites excluding steroid dienone is 1. The molecule has 0 bridgehead atoms. The minimum Gasteiger partial charge on any atom is -0.404 e. The van der Waals surface area contributed by atoms with Crippen LogP contribution in [0.2, 0.25) is 0 Å². The van der Waals surface area contributed by atoms with Gasteiger partial charge in [0.2, 0.25) is 11.8 Å². The number of hydrogen-bond acceptors (Lipinski definition) is 7. The number of aryl methyl sites for hydroxylation is 1. The van der Waals surface area contributed by atoms with Crippen molar-refractivity contribution < 1.29 is 14.4 Å². The molecule has 2 aliphatic rings. The molecule has 2 aliphatic heterocycles. The number of piperidine rings is 1. The van der Waals surface area contributed by atoms with Crippen LogP contribution in [0.4, 0.5) is 0 Å². The van der Waals surface area contributed by atoms with E-state index < -0.39 is 6.04 Å². The van der Waals surface area contributed by atoms with Crippen LogP contribution in [-0.4, -0.2) is 50.9 Å². The molecule has 41 heavy (non-hydrogen) atoms. The lowest BCUT2D eigenvalue weighted by Gasteiger charge is -2.29. The number of carbonyl (C=O) groups excluding carboxylic acids is 3. The van der Waals surface area contributed by atoms with Gasteiger partial charge in [-0.2, -0.15) is 0 Å². The molecule has 1 fully saturated rings. The van der Waals surface area contributed by atoms with Crippen molar-refractivity contribution in [2.75, 3.05) is 0 Å². The summed E-state index contributed by atoms with van der Waals surface area (Å²) in [6, 6.07) is 13.4. The van der Waals surface area contributed by atoms with Crippen molar-refractivity contribution in [2.24, 2.45) is 10.7 Å². The highest BCUT2D eigenvalue weighted by Crippen LogP contribution is 2.28. The summed E-state index contributed by atoms with van der Waals surface area (Å²) < 4.78 is 0. The first kappa shape index (κ1) is 28.1. The van der Waals surface area contributed by atoms with E-state index in [9.17, 15) is 14.4 Å². The number of nitrogens with two attached hydrogens (primary N) is 1. The number of nitrogens with zero attached hydrogens (tertiary/aromatic N) is 4. The molecule has 0 aliphatic carbocycles. The number of unbranched alkanes of at least 4 members (excludes halogenated alkanes) is 3. The lowest BCUT2D eigenvalue weighted by molar-refractivity contribution is -0.136. The number of aliphatic imine (C=N–C) groups is 1. The SMILES string of the molecule is CC(CCCCCCc1ccc2c(c1)C(=O)N(C1CCC(=O)NC1=O)C2)N=CC(=CN)c1cnc2ccccc2n1. The highest BCUT2D eigenvalue weighted by Gasteiger charge is 2.39. The fraction of sp³-hybridized carbons (Fsp3) is 0.375. The molecule has 212 valence electrons. The first-order chi connectivity index (χ1) is 19.9. The fourth-order valence-electron chi connectivity index (χ4n) is 5.45. The van der Waals surface area contributed by atoms with Gasteiger partial charge < -0.3 is 10.6 Å². The average Bonchev–Trinajstić information content (AvgIpc) is 3.30. The number of benzene rings is 2. The van der Waals surface area contributed by atoms with Gasteiger partial charge in [0.1, 0.15) is 6.04 Å². The number of hydrogen-bond donors (Lipinski definition) is 2. The van der Waals surface area contributed by atoms with E-state index >= 15 is 0 Å². The molecule has 1 aromatic heterocycles. The highest BCUT2D eigenvalue weighted by atomic mass is 16.2. The van der Waals surface area contributed by atoms with Gasteiger partial charge in [-0.3, -0.25) is 29.7 Å². The molecule has 0 spiro atoms. The minimum atomic E-state index is -0.576. The normalized spacial score (nSPS) is 18.3. The number of nitrogens with one attached hydrogen (secondary N) is 1. The molecule has 5 rings (SSSR count). The summed E-state index contributed by atoms with van der Waals surface area (Å²) in [6.45, 7) is 2.52. The second kappa shape index (κ2) is 12.8. The average molecular weight is 553 g/mol. The smallest absolute Gasteiger partial charge is 0.255 e. The molecule has 3 heterocycles. The van der Waals surface area contributed by atoms with Crippen LogP contribution in [0.3, 0.4) is 0 Å². The summed E-state index contributed by atoms with van der Waals surface area (Å²) in [5.41, 5.74) is 11.7. The van der Waals surface area contributed by atoms with Gasteiger partial charge in [0.15, 0.2) is 0 Å². The van der Waals surface area contributed by atoms with Gasteiger partial charge in [0.05, 0.1) is 22.9 Å². The van der Waals surface area contributed by atoms with Gasteiger partial charge in [-0.1, -0.05) is 43.5 Å². The van der Waals surface area contributed by atoms with E-state index in [1.165, 1.54) is 6.20 Å². The number of carbonyl (C=O) groups is 3. The van der Waals surface area contributed by atoms with Crippen molar-refractivity contribution in [2.45, 2.75) is 76.9 Å². The Bertz CT molecular complexity index is 1510. The monoisotopic (exact) mass is 552 g/mol. The van der Waals surface area contributed by atoms with Gasteiger partial charge in [0.25, 0.3) is 5.91 Å². The third-order valence-electron chi connectivity index (χ3n) is 7.82. The number of amides is 3. The van der Waals surface area contributed by atoms with Crippen LogP contribution in [0, 0.1) is 0 Å². The van der Waals surface area contributed by atoms with E-state index in [2.05, 4.69) is 33.3 Å². The van der Waals surface area contributed by atoms with Crippen molar-refractivity contribution in [1.82, 2.24) is 20.2 Å². The van der Waals surface area contributed by atoms with Crippen LogP contribution in [0.15, 0.2) is 59.9 Å². The van der Waals surface area contributed by atoms with E-state index in [0.29, 0.717) is 24.2 Å². The van der Waals surface area contributed by atoms with Crippen molar-refractivity contribution in [1.29, 1.82) is 0 Å². The van der Waals surface area contributed by atoms with E-state index in [1.807, 2.05) is 36.4 Å². The molecule has 0 radical (unpaired) electrons. The number of para-hydroxylation sites is 2.